The van der Waals surface area contributed by atoms with Crippen LogP contribution in [-0.2, 0) is 0 Å². The summed E-state index contributed by atoms with van der Waals surface area (Å²) in [6, 6.07) is 33.4. The Morgan fingerprint density at radius 2 is 0.957 bits per heavy atom. The van der Waals surface area contributed by atoms with Crippen LogP contribution in [0.1, 0.15) is 12.3 Å². The quantitative estimate of drug-likeness (QED) is 0.183. The van der Waals surface area contributed by atoms with Crippen LogP contribution < -0.4 is 0 Å². The molecule has 1 aromatic heterocycles. The lowest BCUT2D eigenvalue weighted by molar-refractivity contribution is 0.676. The van der Waals surface area contributed by atoms with Gasteiger partial charge in [0.05, 0.1) is 12.3 Å². The molecule has 1 nitrogen and oxygen atoms in total. The largest absolute Gasteiger partial charge is 0.455 e. The zero-order valence-corrected chi connectivity index (χ0v) is 24.9. The molecule has 0 aliphatic carbocycles. The zero-order chi connectivity index (χ0) is 38.7. The van der Waals surface area contributed by atoms with Crippen molar-refractivity contribution in [2.75, 3.05) is 0 Å². The molecular weight excluding hydrogens is 569 g/mol. The fourth-order valence-electron chi connectivity index (χ4n) is 7.19. The zero-order valence-electron chi connectivity index (χ0n) is 33.9. The van der Waals surface area contributed by atoms with Crippen LogP contribution >= 0.6 is 0 Å². The van der Waals surface area contributed by atoms with E-state index in [0.717, 1.165) is 65.4 Å². The minimum absolute atomic E-state index is 0.0376. The van der Waals surface area contributed by atoms with Gasteiger partial charge in [0.1, 0.15) is 11.2 Å². The normalized spacial score (nSPS) is 14.5. The summed E-state index contributed by atoms with van der Waals surface area (Å²) >= 11 is 0. The summed E-state index contributed by atoms with van der Waals surface area (Å²) in [5.74, 6) is 0. The van der Waals surface area contributed by atoms with E-state index in [1.807, 2.05) is 72.8 Å². The van der Waals surface area contributed by atoms with Crippen LogP contribution in [0.15, 0.2) is 174 Å². The molecule has 218 valence electrons. The van der Waals surface area contributed by atoms with Gasteiger partial charge in [-0.15, -0.1) is 0 Å². The predicted molar refractivity (Wildman–Crippen MR) is 200 cm³/mol. The SMILES string of the molecule is [2H]c1c([2H])c([2H])c(-c2c([2H])c([2H])c([2H])c(-c3c4ccccc4c(-c4cc5ccccc5c5oc6c7ccccc7ccc6c45)c4ccccc34)c2[2H])c([2H])c1[2H]. The van der Waals surface area contributed by atoms with E-state index in [-0.39, 0.29) is 28.8 Å². The Balaban J connectivity index is 1.38. The van der Waals surface area contributed by atoms with Crippen molar-refractivity contribution in [1.29, 1.82) is 0 Å². The first kappa shape index (κ1) is 18.7. The molecule has 0 N–H and O–H groups in total. The highest BCUT2D eigenvalue weighted by Crippen LogP contribution is 2.49. The van der Waals surface area contributed by atoms with Crippen LogP contribution in [0, 0.1) is 0 Å². The second-order valence-corrected chi connectivity index (χ2v) is 11.7. The molecule has 1 heterocycles. The van der Waals surface area contributed by atoms with E-state index >= 15 is 0 Å². The molecule has 1 heteroatoms. The second-order valence-electron chi connectivity index (χ2n) is 11.7. The Kier molecular flexibility index (Phi) is 4.05. The van der Waals surface area contributed by atoms with Gasteiger partial charge in [-0.3, -0.25) is 0 Å². The Labute approximate surface area is 284 Å². The van der Waals surface area contributed by atoms with Gasteiger partial charge in [-0.05, 0) is 83.9 Å². The first-order valence-electron chi connectivity index (χ1n) is 20.0. The fourth-order valence-corrected chi connectivity index (χ4v) is 7.19. The van der Waals surface area contributed by atoms with E-state index in [0.29, 0.717) is 16.3 Å². The molecule has 0 unspecified atom stereocenters. The maximum absolute atomic E-state index is 9.62. The maximum atomic E-state index is 9.62. The summed E-state index contributed by atoms with van der Waals surface area (Å²) in [7, 11) is 0. The third-order valence-corrected chi connectivity index (χ3v) is 9.18. The van der Waals surface area contributed by atoms with Gasteiger partial charge in [0.2, 0.25) is 0 Å². The number of furan rings is 1. The van der Waals surface area contributed by atoms with Crippen molar-refractivity contribution in [2.24, 2.45) is 0 Å². The number of benzene rings is 9. The van der Waals surface area contributed by atoms with Crippen molar-refractivity contribution in [3.05, 3.63) is 170 Å². The number of hydrogen-bond donors (Lipinski definition) is 0. The van der Waals surface area contributed by atoms with Gasteiger partial charge < -0.3 is 4.42 Å². The van der Waals surface area contributed by atoms with Crippen LogP contribution in [0.25, 0.3) is 98.4 Å². The van der Waals surface area contributed by atoms with Crippen molar-refractivity contribution in [1.82, 2.24) is 0 Å². The molecule has 0 amide bonds. The molecule has 0 aliphatic rings. The molecule has 10 aromatic rings. The number of hydrogen-bond acceptors (Lipinski definition) is 1. The van der Waals surface area contributed by atoms with Gasteiger partial charge in [0.15, 0.2) is 0 Å². The van der Waals surface area contributed by atoms with E-state index < -0.39 is 42.3 Å². The van der Waals surface area contributed by atoms with Crippen LogP contribution in [0.2, 0.25) is 0 Å². The molecule has 0 spiro atoms. The molecule has 0 aliphatic heterocycles. The van der Waals surface area contributed by atoms with Gasteiger partial charge >= 0.3 is 0 Å². The molecular formula is C46H28O. The predicted octanol–water partition coefficient (Wildman–Crippen LogP) is 13.2. The highest BCUT2D eigenvalue weighted by atomic mass is 16.3. The molecule has 9 aromatic carbocycles. The molecule has 10 rings (SSSR count). The monoisotopic (exact) mass is 605 g/mol. The van der Waals surface area contributed by atoms with Crippen LogP contribution in [-0.4, -0.2) is 0 Å². The minimum Gasteiger partial charge on any atom is -0.455 e. The molecule has 0 saturated carbocycles. The third kappa shape index (κ3) is 3.90. The van der Waals surface area contributed by atoms with E-state index in [1.54, 1.807) is 0 Å². The van der Waals surface area contributed by atoms with Crippen molar-refractivity contribution >= 4 is 65.0 Å². The molecule has 0 atom stereocenters. The van der Waals surface area contributed by atoms with Gasteiger partial charge in [-0.25, -0.2) is 0 Å². The first-order chi connectivity index (χ1) is 27.1. The summed E-state index contributed by atoms with van der Waals surface area (Å²) in [4.78, 5) is 0. The maximum Gasteiger partial charge on any atom is 0.143 e. The van der Waals surface area contributed by atoms with E-state index in [4.69, 9.17) is 14.0 Å². The summed E-state index contributed by atoms with van der Waals surface area (Å²) in [6.45, 7) is 0. The lowest BCUT2D eigenvalue weighted by Gasteiger charge is -2.19. The van der Waals surface area contributed by atoms with E-state index in [2.05, 4.69) is 42.5 Å². The molecule has 47 heavy (non-hydrogen) atoms. The van der Waals surface area contributed by atoms with Crippen LogP contribution in [0.3, 0.4) is 0 Å². The summed E-state index contributed by atoms with van der Waals surface area (Å²) in [5, 5.41) is 8.97. The Morgan fingerprint density at radius 1 is 0.404 bits per heavy atom. The standard InChI is InChI=1S/C46H28O/c1-2-13-29(14-3-1)31-17-12-18-33(27-31)42-36-21-8-10-23-38(36)43(39-24-11-9-22-37(39)42)41-28-32-16-5-7-20-35(32)46-44(41)40-26-25-30-15-4-6-19-34(30)45(40)47-46/h1-28H/i1D,2D,3D,12D,13D,14D,17D,18D,27D. The molecule has 0 fully saturated rings. The second kappa shape index (κ2) is 10.2. The van der Waals surface area contributed by atoms with Gasteiger partial charge in [0, 0.05) is 21.5 Å². The van der Waals surface area contributed by atoms with Gasteiger partial charge in [-0.2, -0.15) is 0 Å². The average Bonchev–Trinajstić information content (AvgIpc) is 3.63. The Bertz CT molecular complexity index is 3280. The van der Waals surface area contributed by atoms with Gasteiger partial charge in [0.25, 0.3) is 0 Å². The molecule has 0 bridgehead atoms. The lowest BCUT2D eigenvalue weighted by atomic mass is 9.84. The average molecular weight is 606 g/mol. The summed E-state index contributed by atoms with van der Waals surface area (Å²) in [5.41, 5.74) is 3.29. The van der Waals surface area contributed by atoms with E-state index in [1.165, 1.54) is 0 Å². The fraction of sp³-hybridized carbons (Fsp3) is 0. The Hall–Kier alpha value is -6.18. The minimum atomic E-state index is -0.607. The van der Waals surface area contributed by atoms with Crippen molar-refractivity contribution in [2.45, 2.75) is 0 Å². The summed E-state index contributed by atoms with van der Waals surface area (Å²) < 4.78 is 85.8. The van der Waals surface area contributed by atoms with Gasteiger partial charge in [-0.1, -0.05) is 151 Å². The molecule has 0 radical (unpaired) electrons. The highest BCUT2D eigenvalue weighted by Gasteiger charge is 2.22. The number of fused-ring (bicyclic) bond motifs is 9. The molecule has 0 saturated heterocycles. The lowest BCUT2D eigenvalue weighted by Crippen LogP contribution is -1.92. The van der Waals surface area contributed by atoms with Crippen LogP contribution in [0.5, 0.6) is 0 Å². The topological polar surface area (TPSA) is 13.1 Å². The van der Waals surface area contributed by atoms with Crippen molar-refractivity contribution in [3.63, 3.8) is 0 Å². The summed E-state index contributed by atoms with van der Waals surface area (Å²) in [6.07, 6.45) is 0. The Morgan fingerprint density at radius 3 is 1.66 bits per heavy atom. The van der Waals surface area contributed by atoms with Crippen molar-refractivity contribution in [3.8, 4) is 33.4 Å². The third-order valence-electron chi connectivity index (χ3n) is 9.18. The van der Waals surface area contributed by atoms with Crippen molar-refractivity contribution < 1.29 is 16.8 Å². The van der Waals surface area contributed by atoms with E-state index in [9.17, 15) is 2.74 Å². The first-order valence-corrected chi connectivity index (χ1v) is 15.5. The van der Waals surface area contributed by atoms with Crippen LogP contribution in [0.4, 0.5) is 0 Å². The smallest absolute Gasteiger partial charge is 0.143 e. The number of rotatable bonds is 3. The highest BCUT2D eigenvalue weighted by molar-refractivity contribution is 6.30.